The number of hydrogen-bond acceptors (Lipinski definition) is 4. The van der Waals surface area contributed by atoms with Crippen LogP contribution >= 0.6 is 11.6 Å². The van der Waals surface area contributed by atoms with Crippen molar-refractivity contribution in [2.24, 2.45) is 11.8 Å². The maximum atomic E-state index is 11.3. The molecule has 1 saturated carbocycles. The summed E-state index contributed by atoms with van der Waals surface area (Å²) < 4.78 is 20.5. The van der Waals surface area contributed by atoms with Crippen LogP contribution in [0.2, 0.25) is 5.15 Å². The Morgan fingerprint density at radius 1 is 1.27 bits per heavy atom. The lowest BCUT2D eigenvalue weighted by Crippen LogP contribution is -2.25. The molecule has 0 bridgehead atoms. The van der Waals surface area contributed by atoms with Gasteiger partial charge in [-0.25, -0.2) is 18.9 Å². The molecule has 0 spiro atoms. The summed E-state index contributed by atoms with van der Waals surface area (Å²) in [6.07, 6.45) is 6.60. The van der Waals surface area contributed by atoms with Gasteiger partial charge in [0.1, 0.15) is 10.8 Å². The Balaban J connectivity index is 2.07. The minimum absolute atomic E-state index is 0.0992. The second-order valence-electron chi connectivity index (χ2n) is 7.93. The first kappa shape index (κ1) is 19.5. The highest BCUT2D eigenvalue weighted by atomic mass is 35.5. The fourth-order valence-corrected chi connectivity index (χ4v) is 4.05. The highest BCUT2D eigenvalue weighted by molar-refractivity contribution is 7.63. The quantitative estimate of drug-likeness (QED) is 0.514. The molecule has 26 heavy (non-hydrogen) atoms. The molecule has 1 aliphatic rings. The van der Waals surface area contributed by atoms with Crippen LogP contribution in [0.25, 0.3) is 10.8 Å². The standard InChI is InChI=1S/C19H26ClN3O2S/c1-11(2)7-12(3)17(23-26-24)14-9-22-18(25-19(4)5-6-19)15-10-21-16(20)8-13(14)15/h8-12,17,26H,5-7H2,1-4H3,(H,23,24)/t12?,17-/m0/s1. The lowest BCUT2D eigenvalue weighted by Gasteiger charge is -2.26. The maximum absolute atomic E-state index is 11.3. The zero-order valence-corrected chi connectivity index (χ0v) is 17.3. The number of hydrogen-bond donors (Lipinski definition) is 2. The molecule has 1 fully saturated rings. The summed E-state index contributed by atoms with van der Waals surface area (Å²) in [7, 11) is 0. The predicted molar refractivity (Wildman–Crippen MR) is 107 cm³/mol. The summed E-state index contributed by atoms with van der Waals surface area (Å²) in [5, 5.41) is 2.20. The molecule has 5 nitrogen and oxygen atoms in total. The monoisotopic (exact) mass is 395 g/mol. The van der Waals surface area contributed by atoms with Crippen molar-refractivity contribution in [1.82, 2.24) is 14.7 Å². The average molecular weight is 396 g/mol. The molecule has 0 amide bonds. The molecule has 0 aliphatic heterocycles. The van der Waals surface area contributed by atoms with Crippen LogP contribution in [0.4, 0.5) is 0 Å². The number of rotatable bonds is 8. The van der Waals surface area contributed by atoms with Crippen LogP contribution in [0.1, 0.15) is 58.6 Å². The number of ether oxygens (including phenoxy) is 1. The van der Waals surface area contributed by atoms with E-state index in [2.05, 4.69) is 42.4 Å². The second kappa shape index (κ2) is 7.79. The maximum Gasteiger partial charge on any atom is 0.223 e. The Kier molecular flexibility index (Phi) is 5.85. The van der Waals surface area contributed by atoms with Gasteiger partial charge in [-0.15, -0.1) is 0 Å². The number of fused-ring (bicyclic) bond motifs is 1. The van der Waals surface area contributed by atoms with Crippen molar-refractivity contribution in [1.29, 1.82) is 0 Å². The van der Waals surface area contributed by atoms with Crippen LogP contribution in [0, 0.1) is 11.8 Å². The molecular formula is C19H26ClN3O2S. The van der Waals surface area contributed by atoms with E-state index in [-0.39, 0.29) is 29.4 Å². The van der Waals surface area contributed by atoms with E-state index in [1.54, 1.807) is 6.20 Å². The lowest BCUT2D eigenvalue weighted by atomic mass is 9.87. The van der Waals surface area contributed by atoms with Gasteiger partial charge in [0, 0.05) is 18.4 Å². The van der Waals surface area contributed by atoms with Gasteiger partial charge in [-0.05, 0) is 55.0 Å². The van der Waals surface area contributed by atoms with Gasteiger partial charge in [0.05, 0.1) is 17.2 Å². The van der Waals surface area contributed by atoms with E-state index in [9.17, 15) is 4.21 Å². The molecule has 2 heterocycles. The van der Waals surface area contributed by atoms with Gasteiger partial charge < -0.3 is 4.74 Å². The Morgan fingerprint density at radius 3 is 2.62 bits per heavy atom. The Bertz CT molecular complexity index is 811. The zero-order chi connectivity index (χ0) is 18.9. The molecular weight excluding hydrogens is 370 g/mol. The molecule has 2 aromatic heterocycles. The highest BCUT2D eigenvalue weighted by Gasteiger charge is 2.41. The Morgan fingerprint density at radius 2 is 2.00 bits per heavy atom. The van der Waals surface area contributed by atoms with Crippen LogP contribution in [-0.4, -0.2) is 19.8 Å². The largest absolute Gasteiger partial charge is 0.471 e. The normalized spacial score (nSPS) is 18.1. The van der Waals surface area contributed by atoms with Crippen LogP contribution in [0.3, 0.4) is 0 Å². The van der Waals surface area contributed by atoms with Crippen molar-refractivity contribution in [3.8, 4) is 5.88 Å². The van der Waals surface area contributed by atoms with E-state index in [1.807, 2.05) is 12.3 Å². The van der Waals surface area contributed by atoms with Gasteiger partial charge in [-0.3, -0.25) is 0 Å². The Hall–Kier alpha value is -1.24. The number of nitrogens with zero attached hydrogens (tertiary/aromatic N) is 2. The fourth-order valence-electron chi connectivity index (χ4n) is 3.39. The summed E-state index contributed by atoms with van der Waals surface area (Å²) in [6, 6.07) is 1.74. The van der Waals surface area contributed by atoms with Crippen LogP contribution in [-0.2, 0) is 11.9 Å². The summed E-state index contributed by atoms with van der Waals surface area (Å²) >= 11 is 6.08. The Labute approximate surface area is 163 Å². The average Bonchev–Trinajstić information content (AvgIpc) is 3.29. The number of thiol groups is 1. The van der Waals surface area contributed by atoms with E-state index >= 15 is 0 Å². The van der Waals surface area contributed by atoms with Crippen molar-refractivity contribution in [2.75, 3.05) is 0 Å². The molecule has 7 heteroatoms. The number of nitrogens with one attached hydrogen (secondary N) is 1. The van der Waals surface area contributed by atoms with Crippen molar-refractivity contribution in [3.05, 3.63) is 29.2 Å². The third-order valence-electron chi connectivity index (χ3n) is 4.97. The van der Waals surface area contributed by atoms with Gasteiger partial charge in [0.15, 0.2) is 0 Å². The molecule has 0 saturated heterocycles. The molecule has 2 atom stereocenters. The first-order valence-corrected chi connectivity index (χ1v) is 10.2. The van der Waals surface area contributed by atoms with Crippen LogP contribution < -0.4 is 9.46 Å². The summed E-state index contributed by atoms with van der Waals surface area (Å²) in [5.41, 5.74) is 0.839. The minimum atomic E-state index is -0.128. The van der Waals surface area contributed by atoms with Crippen molar-refractivity contribution in [2.45, 2.75) is 58.6 Å². The molecule has 0 radical (unpaired) electrons. The highest BCUT2D eigenvalue weighted by Crippen LogP contribution is 2.42. The summed E-state index contributed by atoms with van der Waals surface area (Å²) in [5.74, 6) is 1.41. The predicted octanol–water partition coefficient (Wildman–Crippen LogP) is 4.39. The SMILES string of the molecule is CC(C)CC(C)[C@H](N[SH]=O)c1cnc(OC2(C)CC2)c2cnc(Cl)cc12. The zero-order valence-electron chi connectivity index (χ0n) is 15.6. The fraction of sp³-hybridized carbons (Fsp3) is 0.579. The van der Waals surface area contributed by atoms with E-state index in [4.69, 9.17) is 16.3 Å². The number of pyridine rings is 2. The molecule has 0 aromatic carbocycles. The minimum Gasteiger partial charge on any atom is -0.471 e. The second-order valence-corrected chi connectivity index (χ2v) is 8.76. The van der Waals surface area contributed by atoms with Gasteiger partial charge >= 0.3 is 0 Å². The molecule has 3 rings (SSSR count). The summed E-state index contributed by atoms with van der Waals surface area (Å²) in [4.78, 5) is 8.80. The third kappa shape index (κ3) is 4.35. The van der Waals surface area contributed by atoms with Crippen molar-refractivity contribution in [3.63, 3.8) is 0 Å². The van der Waals surface area contributed by atoms with Gasteiger partial charge in [0.25, 0.3) is 0 Å². The molecule has 1 unspecified atom stereocenters. The lowest BCUT2D eigenvalue weighted by molar-refractivity contribution is 0.194. The summed E-state index contributed by atoms with van der Waals surface area (Å²) in [6.45, 7) is 8.62. The van der Waals surface area contributed by atoms with Gasteiger partial charge in [0.2, 0.25) is 5.88 Å². The number of aromatic nitrogens is 2. The molecule has 142 valence electrons. The van der Waals surface area contributed by atoms with Crippen molar-refractivity contribution >= 4 is 34.2 Å². The van der Waals surface area contributed by atoms with Crippen LogP contribution in [0.5, 0.6) is 5.88 Å². The first-order chi connectivity index (χ1) is 12.3. The van der Waals surface area contributed by atoms with E-state index in [0.29, 0.717) is 17.0 Å². The smallest absolute Gasteiger partial charge is 0.223 e. The molecule has 1 N–H and O–H groups in total. The van der Waals surface area contributed by atoms with Crippen molar-refractivity contribution < 1.29 is 8.95 Å². The molecule has 2 aromatic rings. The van der Waals surface area contributed by atoms with E-state index in [1.165, 1.54) is 0 Å². The van der Waals surface area contributed by atoms with Gasteiger partial charge in [-0.2, -0.15) is 0 Å². The molecule has 1 aliphatic carbocycles. The van der Waals surface area contributed by atoms with Crippen LogP contribution in [0.15, 0.2) is 18.5 Å². The first-order valence-electron chi connectivity index (χ1n) is 9.04. The van der Waals surface area contributed by atoms with E-state index < -0.39 is 0 Å². The van der Waals surface area contributed by atoms with Gasteiger partial charge in [-0.1, -0.05) is 32.4 Å². The number of halogens is 1. The topological polar surface area (TPSA) is 64.1 Å². The third-order valence-corrected chi connectivity index (χ3v) is 5.56. The van der Waals surface area contributed by atoms with E-state index in [0.717, 1.165) is 35.6 Å².